The van der Waals surface area contributed by atoms with Crippen LogP contribution in [-0.2, 0) is 27.3 Å². The van der Waals surface area contributed by atoms with Crippen molar-refractivity contribution in [2.24, 2.45) is 0 Å². The van der Waals surface area contributed by atoms with Crippen LogP contribution in [-0.4, -0.2) is 54.7 Å². The number of carbonyl (C=O) groups is 3. The second-order valence-corrected chi connectivity index (χ2v) is 9.91. The Morgan fingerprint density at radius 2 is 1.86 bits per heavy atom. The standard InChI is InChI=1S/C20H20F3N5O5S2/c1-19(2)17(31)28(13-3-5-14(6-4-13)34-20(21,22)23)18(32)27(19)11-12-7-8-24-15(9-12)26-35(33)25-10-16(29)30/h3-9,25H,10-11H2,1-2H3,(H,24,26)(H,29,30). The molecule has 0 bridgehead atoms. The number of hydrogen-bond acceptors (Lipinski definition) is 6. The molecule has 0 spiro atoms. The second-order valence-electron chi connectivity index (χ2n) is 7.74. The van der Waals surface area contributed by atoms with Crippen molar-refractivity contribution >= 4 is 52.3 Å². The number of rotatable bonds is 9. The maximum Gasteiger partial charge on any atom is 0.446 e. The Balaban J connectivity index is 1.76. The first kappa shape index (κ1) is 26.4. The SMILES string of the molecule is CC1(C)C(=O)N(c2ccc(SC(F)(F)F)cc2)C(=O)N1Cc1ccnc(NS(=O)NCC(=O)O)c1. The van der Waals surface area contributed by atoms with E-state index in [1.165, 1.54) is 41.4 Å². The molecular formula is C20H20F3N5O5S2. The Bertz CT molecular complexity index is 1160. The summed E-state index contributed by atoms with van der Waals surface area (Å²) in [7, 11) is 0. The van der Waals surface area contributed by atoms with E-state index in [2.05, 4.69) is 14.4 Å². The van der Waals surface area contributed by atoms with Crippen molar-refractivity contribution < 1.29 is 36.9 Å². The number of hydrogen-bond donors (Lipinski definition) is 3. The smallest absolute Gasteiger partial charge is 0.446 e. The molecule has 1 saturated heterocycles. The van der Waals surface area contributed by atoms with Crippen molar-refractivity contribution in [3.63, 3.8) is 0 Å². The molecular weight excluding hydrogens is 511 g/mol. The number of carboxylic acid groups (broad SMARTS) is 1. The number of carboxylic acids is 1. The number of anilines is 2. The van der Waals surface area contributed by atoms with E-state index >= 15 is 0 Å². The van der Waals surface area contributed by atoms with Gasteiger partial charge in [-0.05, 0) is 67.6 Å². The van der Waals surface area contributed by atoms with Crippen molar-refractivity contribution in [2.75, 3.05) is 16.2 Å². The summed E-state index contributed by atoms with van der Waals surface area (Å²) in [5.41, 5.74) is -5.06. The molecule has 188 valence electrons. The number of carbonyl (C=O) groups excluding carboxylic acids is 2. The quantitative estimate of drug-likeness (QED) is 0.335. The van der Waals surface area contributed by atoms with Crippen LogP contribution in [0.1, 0.15) is 19.4 Å². The molecule has 2 heterocycles. The number of nitrogens with zero attached hydrogens (tertiary/aromatic N) is 3. The Kier molecular flexibility index (Phi) is 7.71. The molecule has 1 aromatic carbocycles. The molecule has 3 rings (SSSR count). The highest BCUT2D eigenvalue weighted by Crippen LogP contribution is 2.38. The molecule has 1 aliphatic rings. The summed E-state index contributed by atoms with van der Waals surface area (Å²) in [6.45, 7) is 2.53. The van der Waals surface area contributed by atoms with Gasteiger partial charge in [-0.15, -0.1) is 0 Å². The zero-order valence-corrected chi connectivity index (χ0v) is 20.0. The molecule has 1 fully saturated rings. The van der Waals surface area contributed by atoms with Crippen molar-refractivity contribution in [1.82, 2.24) is 14.6 Å². The average molecular weight is 532 g/mol. The molecule has 35 heavy (non-hydrogen) atoms. The molecule has 3 N–H and O–H groups in total. The molecule has 2 aromatic rings. The number of amides is 3. The van der Waals surface area contributed by atoms with Crippen molar-refractivity contribution in [1.29, 1.82) is 0 Å². The second kappa shape index (κ2) is 10.2. The monoisotopic (exact) mass is 531 g/mol. The topological polar surface area (TPSA) is 132 Å². The number of aliphatic carboxylic acids is 1. The molecule has 1 aromatic heterocycles. The molecule has 0 saturated carbocycles. The van der Waals surface area contributed by atoms with Crippen LogP contribution < -0.4 is 14.3 Å². The van der Waals surface area contributed by atoms with Crippen molar-refractivity contribution in [3.8, 4) is 0 Å². The lowest BCUT2D eigenvalue weighted by Gasteiger charge is -2.27. The van der Waals surface area contributed by atoms with Gasteiger partial charge in [0.25, 0.3) is 5.91 Å². The van der Waals surface area contributed by atoms with Crippen LogP contribution in [0.25, 0.3) is 0 Å². The number of alkyl halides is 3. The van der Waals surface area contributed by atoms with Gasteiger partial charge in [-0.25, -0.2) is 23.6 Å². The Morgan fingerprint density at radius 3 is 2.46 bits per heavy atom. The van der Waals surface area contributed by atoms with Gasteiger partial charge in [0, 0.05) is 17.6 Å². The summed E-state index contributed by atoms with van der Waals surface area (Å²) in [5.74, 6) is -1.60. The number of thioether (sulfide) groups is 1. The Labute approximate surface area is 204 Å². The summed E-state index contributed by atoms with van der Waals surface area (Å²) in [6, 6.07) is 7.33. The zero-order chi connectivity index (χ0) is 26.0. The highest BCUT2D eigenvalue weighted by molar-refractivity contribution is 8.00. The predicted octanol–water partition coefficient (Wildman–Crippen LogP) is 3.11. The van der Waals surface area contributed by atoms with Gasteiger partial charge in [0.05, 0.1) is 5.69 Å². The molecule has 1 atom stereocenters. The molecule has 0 radical (unpaired) electrons. The van der Waals surface area contributed by atoms with E-state index in [9.17, 15) is 31.8 Å². The van der Waals surface area contributed by atoms with Gasteiger partial charge in [-0.3, -0.25) is 14.3 Å². The average Bonchev–Trinajstić information content (AvgIpc) is 2.92. The summed E-state index contributed by atoms with van der Waals surface area (Å²) >= 11 is -2.23. The van der Waals surface area contributed by atoms with E-state index in [1.807, 2.05) is 0 Å². The van der Waals surface area contributed by atoms with Gasteiger partial charge in [0.2, 0.25) is 0 Å². The van der Waals surface area contributed by atoms with Gasteiger partial charge >= 0.3 is 17.5 Å². The fourth-order valence-corrected chi connectivity index (χ4v) is 4.36. The minimum Gasteiger partial charge on any atom is -0.480 e. The van der Waals surface area contributed by atoms with Crippen molar-refractivity contribution in [2.45, 2.75) is 36.3 Å². The Morgan fingerprint density at radius 1 is 1.20 bits per heavy atom. The van der Waals surface area contributed by atoms with Gasteiger partial charge in [-0.1, -0.05) is 0 Å². The van der Waals surface area contributed by atoms with Gasteiger partial charge in [0.15, 0.2) is 11.2 Å². The fraction of sp³-hybridized carbons (Fsp3) is 0.300. The van der Waals surface area contributed by atoms with Crippen LogP contribution in [0.15, 0.2) is 47.5 Å². The minimum atomic E-state index is -4.46. The van der Waals surface area contributed by atoms with E-state index in [4.69, 9.17) is 5.11 Å². The maximum absolute atomic E-state index is 13.2. The van der Waals surface area contributed by atoms with Crippen molar-refractivity contribution in [3.05, 3.63) is 48.2 Å². The summed E-state index contributed by atoms with van der Waals surface area (Å²) < 4.78 is 54.3. The van der Waals surface area contributed by atoms with Crippen LogP contribution in [0.2, 0.25) is 0 Å². The first-order chi connectivity index (χ1) is 16.3. The third-order valence-electron chi connectivity index (χ3n) is 4.87. The van der Waals surface area contributed by atoms with Crippen LogP contribution in [0.4, 0.5) is 29.5 Å². The van der Waals surface area contributed by atoms with E-state index in [0.717, 1.165) is 4.90 Å². The summed E-state index contributed by atoms with van der Waals surface area (Å²) in [6.07, 6.45) is 1.39. The van der Waals surface area contributed by atoms with E-state index in [1.54, 1.807) is 19.9 Å². The van der Waals surface area contributed by atoms with E-state index < -0.39 is 46.7 Å². The van der Waals surface area contributed by atoms with Crippen LogP contribution in [0.5, 0.6) is 0 Å². The zero-order valence-electron chi connectivity index (χ0n) is 18.3. The van der Waals surface area contributed by atoms with E-state index in [0.29, 0.717) is 5.56 Å². The van der Waals surface area contributed by atoms with Gasteiger partial charge in [-0.2, -0.15) is 13.2 Å². The third-order valence-corrected chi connectivity index (χ3v) is 6.41. The molecule has 1 unspecified atom stereocenters. The van der Waals surface area contributed by atoms with Crippen LogP contribution in [0.3, 0.4) is 0 Å². The summed E-state index contributed by atoms with van der Waals surface area (Å²) in [5, 5.41) is 8.63. The highest BCUT2D eigenvalue weighted by Gasteiger charge is 2.51. The number of imide groups is 1. The minimum absolute atomic E-state index is 0.0253. The number of pyridine rings is 1. The lowest BCUT2D eigenvalue weighted by molar-refractivity contribution is -0.135. The lowest BCUT2D eigenvalue weighted by Crippen LogP contribution is -2.43. The molecule has 3 amide bonds. The van der Waals surface area contributed by atoms with Gasteiger partial charge < -0.3 is 10.0 Å². The number of nitrogens with one attached hydrogen (secondary N) is 2. The summed E-state index contributed by atoms with van der Waals surface area (Å²) in [4.78, 5) is 42.9. The first-order valence-electron chi connectivity index (χ1n) is 9.88. The van der Waals surface area contributed by atoms with Crippen LogP contribution in [0, 0.1) is 0 Å². The largest absolute Gasteiger partial charge is 0.480 e. The predicted molar refractivity (Wildman–Crippen MR) is 122 cm³/mol. The normalized spacial score (nSPS) is 16.5. The molecule has 10 nitrogen and oxygen atoms in total. The third kappa shape index (κ3) is 6.49. The lowest BCUT2D eigenvalue weighted by atomic mass is 10.0. The molecule has 0 aliphatic carbocycles. The Hall–Kier alpha value is -3.17. The van der Waals surface area contributed by atoms with Gasteiger partial charge in [0.1, 0.15) is 17.9 Å². The van der Waals surface area contributed by atoms with Crippen LogP contribution >= 0.6 is 11.8 Å². The number of halogens is 3. The maximum atomic E-state index is 13.2. The molecule has 15 heteroatoms. The highest BCUT2D eigenvalue weighted by atomic mass is 32.2. The number of urea groups is 1. The molecule has 1 aliphatic heterocycles. The fourth-order valence-electron chi connectivity index (χ4n) is 3.19. The first-order valence-corrected chi connectivity index (χ1v) is 11.8. The number of benzene rings is 1. The number of aromatic nitrogens is 1. The van der Waals surface area contributed by atoms with E-state index in [-0.39, 0.29) is 34.7 Å².